The normalized spacial score (nSPS) is 22.0. The number of rotatable bonds is 3. The van der Waals surface area contributed by atoms with E-state index in [9.17, 15) is 15.2 Å². The Morgan fingerprint density at radius 2 is 2.18 bits per heavy atom. The zero-order valence-electron chi connectivity index (χ0n) is 12.5. The van der Waals surface area contributed by atoms with Crippen molar-refractivity contribution in [1.29, 1.82) is 5.26 Å². The van der Waals surface area contributed by atoms with E-state index in [2.05, 4.69) is 28.2 Å². The summed E-state index contributed by atoms with van der Waals surface area (Å²) in [5, 5.41) is 21.7. The molecule has 1 saturated carbocycles. The molecule has 2 atom stereocenters. The number of nitriles is 1. The molecule has 1 amide bonds. The second-order valence-electron chi connectivity index (χ2n) is 5.72. The second-order valence-corrected chi connectivity index (χ2v) is 6.58. The molecule has 2 rings (SSSR count). The molecule has 0 heterocycles. The highest BCUT2D eigenvalue weighted by molar-refractivity contribution is 9.10. The topological polar surface area (TPSA) is 73.1 Å². The summed E-state index contributed by atoms with van der Waals surface area (Å²) in [7, 11) is 0. The highest BCUT2D eigenvalue weighted by Gasteiger charge is 2.24. The molecular weight excluding hydrogens is 344 g/mol. The van der Waals surface area contributed by atoms with Crippen molar-refractivity contribution >= 4 is 27.9 Å². The lowest BCUT2D eigenvalue weighted by molar-refractivity contribution is -0.118. The van der Waals surface area contributed by atoms with Crippen molar-refractivity contribution in [2.75, 3.05) is 0 Å². The fourth-order valence-corrected chi connectivity index (χ4v) is 3.10. The van der Waals surface area contributed by atoms with Gasteiger partial charge in [-0.1, -0.05) is 25.8 Å². The Bertz CT molecular complexity index is 634. The van der Waals surface area contributed by atoms with Gasteiger partial charge in [0.25, 0.3) is 5.91 Å². The van der Waals surface area contributed by atoms with Gasteiger partial charge in [-0.05, 0) is 58.5 Å². The number of carbonyl (C=O) groups excluding carboxylic acids is 1. The predicted octanol–water partition coefficient (Wildman–Crippen LogP) is 3.76. The highest BCUT2D eigenvalue weighted by atomic mass is 79.9. The number of nitrogens with zero attached hydrogens (tertiary/aromatic N) is 1. The van der Waals surface area contributed by atoms with Crippen LogP contribution in [0.1, 0.15) is 38.2 Å². The van der Waals surface area contributed by atoms with Crippen LogP contribution in [0.5, 0.6) is 5.75 Å². The molecule has 1 aromatic carbocycles. The molecule has 1 aliphatic rings. The summed E-state index contributed by atoms with van der Waals surface area (Å²) in [6, 6.07) is 6.95. The zero-order valence-corrected chi connectivity index (χ0v) is 14.1. The Kier molecular flexibility index (Phi) is 5.62. The molecule has 1 aromatic rings. The Balaban J connectivity index is 2.13. The number of amides is 1. The summed E-state index contributed by atoms with van der Waals surface area (Å²) in [5.41, 5.74) is 0.767. The first-order chi connectivity index (χ1) is 10.5. The van der Waals surface area contributed by atoms with Crippen molar-refractivity contribution < 1.29 is 9.90 Å². The summed E-state index contributed by atoms with van der Waals surface area (Å²) in [6.07, 6.45) is 5.94. The fourth-order valence-electron chi connectivity index (χ4n) is 2.71. The van der Waals surface area contributed by atoms with Crippen molar-refractivity contribution in [2.45, 2.75) is 38.6 Å². The number of carbonyl (C=O) groups is 1. The van der Waals surface area contributed by atoms with Gasteiger partial charge in [0.1, 0.15) is 17.4 Å². The van der Waals surface area contributed by atoms with Crippen LogP contribution in [0.4, 0.5) is 0 Å². The summed E-state index contributed by atoms with van der Waals surface area (Å²) in [4.78, 5) is 12.3. The number of nitrogens with one attached hydrogen (secondary N) is 1. The van der Waals surface area contributed by atoms with Gasteiger partial charge in [0.2, 0.25) is 0 Å². The molecule has 2 N–H and O–H groups in total. The maximum atomic E-state index is 12.3. The van der Waals surface area contributed by atoms with Gasteiger partial charge in [-0.3, -0.25) is 4.79 Å². The summed E-state index contributed by atoms with van der Waals surface area (Å²) < 4.78 is 0.528. The van der Waals surface area contributed by atoms with Gasteiger partial charge >= 0.3 is 0 Å². The van der Waals surface area contributed by atoms with Gasteiger partial charge in [-0.2, -0.15) is 5.26 Å². The van der Waals surface area contributed by atoms with E-state index in [1.807, 2.05) is 6.07 Å². The first-order valence-corrected chi connectivity index (χ1v) is 8.21. The van der Waals surface area contributed by atoms with Crippen molar-refractivity contribution in [3.8, 4) is 11.8 Å². The minimum absolute atomic E-state index is 0.0790. The fraction of sp³-hybridized carbons (Fsp3) is 0.412. The second kappa shape index (κ2) is 7.46. The molecule has 0 bridgehead atoms. The number of phenolic OH excluding ortho intramolecular Hbond substituents is 1. The maximum Gasteiger partial charge on any atom is 0.262 e. The van der Waals surface area contributed by atoms with Crippen LogP contribution in [0.3, 0.4) is 0 Å². The third-order valence-electron chi connectivity index (χ3n) is 4.08. The zero-order chi connectivity index (χ0) is 16.1. The average Bonchev–Trinajstić information content (AvgIpc) is 2.50. The maximum absolute atomic E-state index is 12.3. The lowest BCUT2D eigenvalue weighted by Crippen LogP contribution is -2.41. The number of benzene rings is 1. The van der Waals surface area contributed by atoms with E-state index in [-0.39, 0.29) is 23.3 Å². The summed E-state index contributed by atoms with van der Waals surface area (Å²) in [6.45, 7) is 2.14. The molecule has 0 spiro atoms. The molecule has 22 heavy (non-hydrogen) atoms. The van der Waals surface area contributed by atoms with E-state index in [0.29, 0.717) is 16.0 Å². The predicted molar refractivity (Wildman–Crippen MR) is 89.0 cm³/mol. The van der Waals surface area contributed by atoms with Crippen LogP contribution in [-0.4, -0.2) is 17.1 Å². The molecule has 0 saturated heterocycles. The first kappa shape index (κ1) is 16.6. The molecule has 0 radical (unpaired) electrons. The number of hydrogen-bond donors (Lipinski definition) is 2. The van der Waals surface area contributed by atoms with Crippen LogP contribution < -0.4 is 5.32 Å². The van der Waals surface area contributed by atoms with E-state index in [4.69, 9.17) is 0 Å². The molecule has 1 aliphatic carbocycles. The minimum atomic E-state index is -0.328. The van der Waals surface area contributed by atoms with Gasteiger partial charge in [0.05, 0.1) is 4.47 Å². The van der Waals surface area contributed by atoms with Gasteiger partial charge in [-0.25, -0.2) is 0 Å². The van der Waals surface area contributed by atoms with Crippen molar-refractivity contribution in [2.24, 2.45) is 5.92 Å². The van der Waals surface area contributed by atoms with E-state index < -0.39 is 0 Å². The van der Waals surface area contributed by atoms with Crippen molar-refractivity contribution in [1.82, 2.24) is 5.32 Å². The van der Waals surface area contributed by atoms with Crippen LogP contribution in [-0.2, 0) is 4.79 Å². The molecular formula is C17H19BrN2O2. The largest absolute Gasteiger partial charge is 0.507 e. The third kappa shape index (κ3) is 4.11. The van der Waals surface area contributed by atoms with E-state index in [1.54, 1.807) is 12.1 Å². The number of phenols is 1. The molecule has 116 valence electrons. The van der Waals surface area contributed by atoms with E-state index in [0.717, 1.165) is 19.3 Å². The van der Waals surface area contributed by atoms with Crippen LogP contribution in [0.2, 0.25) is 0 Å². The van der Waals surface area contributed by atoms with Crippen LogP contribution in [0.15, 0.2) is 28.2 Å². The molecule has 0 unspecified atom stereocenters. The lowest BCUT2D eigenvalue weighted by Gasteiger charge is -2.29. The first-order valence-electron chi connectivity index (χ1n) is 7.42. The molecule has 0 aromatic heterocycles. The van der Waals surface area contributed by atoms with Gasteiger partial charge < -0.3 is 10.4 Å². The van der Waals surface area contributed by atoms with E-state index in [1.165, 1.54) is 18.6 Å². The van der Waals surface area contributed by atoms with Crippen LogP contribution >= 0.6 is 15.9 Å². The average molecular weight is 363 g/mol. The summed E-state index contributed by atoms with van der Waals surface area (Å²) >= 11 is 3.22. The minimum Gasteiger partial charge on any atom is -0.507 e. The molecule has 5 heteroatoms. The van der Waals surface area contributed by atoms with Gasteiger partial charge in [0, 0.05) is 6.04 Å². The monoisotopic (exact) mass is 362 g/mol. The highest BCUT2D eigenvalue weighted by Crippen LogP contribution is 2.26. The van der Waals surface area contributed by atoms with Crippen LogP contribution in [0, 0.1) is 17.2 Å². The van der Waals surface area contributed by atoms with Gasteiger partial charge in [-0.15, -0.1) is 0 Å². The smallest absolute Gasteiger partial charge is 0.262 e. The Morgan fingerprint density at radius 3 is 2.82 bits per heavy atom. The number of halogens is 1. The quantitative estimate of drug-likeness (QED) is 0.635. The van der Waals surface area contributed by atoms with Crippen molar-refractivity contribution in [3.63, 3.8) is 0 Å². The van der Waals surface area contributed by atoms with Crippen LogP contribution in [0.25, 0.3) is 6.08 Å². The molecule has 1 fully saturated rings. The Hall–Kier alpha value is -1.80. The number of hydrogen-bond acceptors (Lipinski definition) is 3. The standard InChI is InChI=1S/C17H19BrN2O2/c1-11-4-2-3-5-15(11)20-17(22)13(10-19)8-12-6-7-16(21)14(18)9-12/h6-9,11,15,21H,2-5H2,1H3,(H,20,22)/b13-8+/t11-,15-/m1/s1. The SMILES string of the molecule is C[C@@H]1CCCC[C@H]1NC(=O)/C(C#N)=C/c1ccc(O)c(Br)c1. The number of aromatic hydroxyl groups is 1. The van der Waals surface area contributed by atoms with E-state index >= 15 is 0 Å². The summed E-state index contributed by atoms with van der Waals surface area (Å²) in [5.74, 6) is 0.238. The van der Waals surface area contributed by atoms with Crippen molar-refractivity contribution in [3.05, 3.63) is 33.8 Å². The Labute approximate surface area is 139 Å². The van der Waals surface area contributed by atoms with Gasteiger partial charge in [0.15, 0.2) is 0 Å². The molecule has 0 aliphatic heterocycles. The Morgan fingerprint density at radius 1 is 1.45 bits per heavy atom. The lowest BCUT2D eigenvalue weighted by atomic mass is 9.86. The third-order valence-corrected chi connectivity index (χ3v) is 4.71. The molecule has 4 nitrogen and oxygen atoms in total.